The van der Waals surface area contributed by atoms with Crippen molar-refractivity contribution in [2.75, 3.05) is 0 Å². The predicted molar refractivity (Wildman–Crippen MR) is 70.5 cm³/mol. The standard InChI is InChI=1S/C15H22N2O/c1-10(2)17-14(5-6-16-17)15(18)9-13-8-11-3-4-12(13)7-11/h5-6,10-13H,3-4,7-9H2,1-2H3. The first-order valence-corrected chi connectivity index (χ1v) is 7.22. The van der Waals surface area contributed by atoms with E-state index in [9.17, 15) is 4.79 Å². The molecule has 3 unspecified atom stereocenters. The number of nitrogens with zero attached hydrogens (tertiary/aromatic N) is 2. The molecule has 0 aliphatic heterocycles. The molecule has 98 valence electrons. The third kappa shape index (κ3) is 2.00. The van der Waals surface area contributed by atoms with Crippen LogP contribution in [0.4, 0.5) is 0 Å². The number of carbonyl (C=O) groups is 1. The summed E-state index contributed by atoms with van der Waals surface area (Å²) in [7, 11) is 0. The molecule has 0 N–H and O–H groups in total. The molecule has 2 aliphatic rings. The van der Waals surface area contributed by atoms with Crippen molar-refractivity contribution in [1.29, 1.82) is 0 Å². The van der Waals surface area contributed by atoms with E-state index in [-0.39, 0.29) is 6.04 Å². The van der Waals surface area contributed by atoms with E-state index >= 15 is 0 Å². The Morgan fingerprint density at radius 3 is 2.89 bits per heavy atom. The van der Waals surface area contributed by atoms with Crippen molar-refractivity contribution in [2.24, 2.45) is 17.8 Å². The van der Waals surface area contributed by atoms with Gasteiger partial charge in [0.05, 0.1) is 0 Å². The Hall–Kier alpha value is -1.12. The van der Waals surface area contributed by atoms with Crippen LogP contribution in [-0.4, -0.2) is 15.6 Å². The molecule has 1 aromatic heterocycles. The summed E-state index contributed by atoms with van der Waals surface area (Å²) >= 11 is 0. The van der Waals surface area contributed by atoms with Gasteiger partial charge in [-0.25, -0.2) is 0 Å². The van der Waals surface area contributed by atoms with E-state index in [1.54, 1.807) is 6.20 Å². The maximum Gasteiger partial charge on any atom is 0.181 e. The van der Waals surface area contributed by atoms with Gasteiger partial charge >= 0.3 is 0 Å². The number of rotatable bonds is 4. The Kier molecular flexibility index (Phi) is 3.00. The predicted octanol–water partition coefficient (Wildman–Crippen LogP) is 3.47. The summed E-state index contributed by atoms with van der Waals surface area (Å²) in [6, 6.07) is 2.13. The smallest absolute Gasteiger partial charge is 0.181 e. The van der Waals surface area contributed by atoms with Gasteiger partial charge in [0.2, 0.25) is 0 Å². The molecule has 2 aliphatic carbocycles. The summed E-state index contributed by atoms with van der Waals surface area (Å²) in [5.41, 5.74) is 0.799. The first-order valence-electron chi connectivity index (χ1n) is 7.22. The van der Waals surface area contributed by atoms with Crippen molar-refractivity contribution in [3.8, 4) is 0 Å². The fourth-order valence-corrected chi connectivity index (χ4v) is 3.92. The van der Waals surface area contributed by atoms with Crippen LogP contribution in [0, 0.1) is 17.8 Å². The van der Waals surface area contributed by atoms with Gasteiger partial charge in [-0.2, -0.15) is 5.10 Å². The van der Waals surface area contributed by atoms with Crippen LogP contribution in [0.3, 0.4) is 0 Å². The zero-order valence-electron chi connectivity index (χ0n) is 11.3. The van der Waals surface area contributed by atoms with E-state index in [1.165, 1.54) is 25.7 Å². The third-order valence-corrected chi connectivity index (χ3v) is 4.78. The lowest BCUT2D eigenvalue weighted by molar-refractivity contribution is 0.0931. The zero-order chi connectivity index (χ0) is 12.7. The van der Waals surface area contributed by atoms with Crippen molar-refractivity contribution in [3.63, 3.8) is 0 Å². The second-order valence-electron chi connectivity index (χ2n) is 6.32. The van der Waals surface area contributed by atoms with E-state index in [0.717, 1.165) is 24.0 Å². The summed E-state index contributed by atoms with van der Waals surface area (Å²) in [4.78, 5) is 12.4. The minimum atomic E-state index is 0.263. The van der Waals surface area contributed by atoms with E-state index in [1.807, 2.05) is 10.7 Å². The number of Topliss-reactive ketones (excluding diaryl/α,β-unsaturated/α-hetero) is 1. The highest BCUT2D eigenvalue weighted by molar-refractivity contribution is 5.94. The minimum absolute atomic E-state index is 0.263. The molecular weight excluding hydrogens is 224 g/mol. The largest absolute Gasteiger partial charge is 0.292 e. The van der Waals surface area contributed by atoms with Crippen LogP contribution in [0.2, 0.25) is 0 Å². The van der Waals surface area contributed by atoms with Gasteiger partial charge in [-0.05, 0) is 56.9 Å². The number of hydrogen-bond donors (Lipinski definition) is 0. The average molecular weight is 246 g/mol. The molecular formula is C15H22N2O. The van der Waals surface area contributed by atoms with Gasteiger partial charge in [0.1, 0.15) is 5.69 Å². The zero-order valence-corrected chi connectivity index (χ0v) is 11.3. The van der Waals surface area contributed by atoms with Crippen molar-refractivity contribution in [3.05, 3.63) is 18.0 Å². The van der Waals surface area contributed by atoms with Gasteiger partial charge in [0, 0.05) is 18.7 Å². The summed E-state index contributed by atoms with van der Waals surface area (Å²) < 4.78 is 1.86. The number of ketones is 1. The summed E-state index contributed by atoms with van der Waals surface area (Å²) in [5, 5.41) is 4.26. The number of hydrogen-bond acceptors (Lipinski definition) is 2. The van der Waals surface area contributed by atoms with Crippen LogP contribution < -0.4 is 0 Å². The summed E-state index contributed by atoms with van der Waals surface area (Å²) in [6.07, 6.45) is 7.90. The Labute approximate surface area is 109 Å². The molecule has 3 rings (SSSR count). The normalized spacial score (nSPS) is 30.3. The van der Waals surface area contributed by atoms with Crippen LogP contribution in [0.5, 0.6) is 0 Å². The highest BCUT2D eigenvalue weighted by Crippen LogP contribution is 2.49. The van der Waals surface area contributed by atoms with Crippen LogP contribution in [0.15, 0.2) is 12.3 Å². The van der Waals surface area contributed by atoms with Gasteiger partial charge in [0.25, 0.3) is 0 Å². The van der Waals surface area contributed by atoms with E-state index in [2.05, 4.69) is 18.9 Å². The number of carbonyl (C=O) groups excluding carboxylic acids is 1. The fourth-order valence-electron chi connectivity index (χ4n) is 3.92. The van der Waals surface area contributed by atoms with Crippen molar-refractivity contribution in [2.45, 2.75) is 52.0 Å². The Balaban J connectivity index is 1.69. The van der Waals surface area contributed by atoms with Crippen LogP contribution >= 0.6 is 0 Å². The maximum atomic E-state index is 12.4. The van der Waals surface area contributed by atoms with Gasteiger partial charge in [-0.1, -0.05) is 6.42 Å². The quantitative estimate of drug-likeness (QED) is 0.762. The molecule has 2 saturated carbocycles. The fraction of sp³-hybridized carbons (Fsp3) is 0.733. The van der Waals surface area contributed by atoms with E-state index < -0.39 is 0 Å². The van der Waals surface area contributed by atoms with Crippen LogP contribution in [0.25, 0.3) is 0 Å². The Morgan fingerprint density at radius 1 is 1.44 bits per heavy atom. The number of aromatic nitrogens is 2. The van der Waals surface area contributed by atoms with E-state index in [0.29, 0.717) is 11.7 Å². The topological polar surface area (TPSA) is 34.9 Å². The molecule has 0 spiro atoms. The van der Waals surface area contributed by atoms with E-state index in [4.69, 9.17) is 0 Å². The molecule has 18 heavy (non-hydrogen) atoms. The third-order valence-electron chi connectivity index (χ3n) is 4.78. The Bertz CT molecular complexity index is 449. The molecule has 0 saturated heterocycles. The van der Waals surface area contributed by atoms with Gasteiger partial charge in [0.15, 0.2) is 5.78 Å². The molecule has 0 amide bonds. The second-order valence-corrected chi connectivity index (χ2v) is 6.32. The first kappa shape index (κ1) is 11.9. The molecule has 3 nitrogen and oxygen atoms in total. The molecule has 0 aromatic carbocycles. The molecule has 2 bridgehead atoms. The number of fused-ring (bicyclic) bond motifs is 2. The van der Waals surface area contributed by atoms with Crippen molar-refractivity contribution >= 4 is 5.78 Å². The summed E-state index contributed by atoms with van der Waals surface area (Å²) in [6.45, 7) is 4.14. The molecule has 3 atom stereocenters. The van der Waals surface area contributed by atoms with Crippen molar-refractivity contribution in [1.82, 2.24) is 9.78 Å². The monoisotopic (exact) mass is 246 g/mol. The summed E-state index contributed by atoms with van der Waals surface area (Å²) in [5.74, 6) is 2.68. The maximum absolute atomic E-state index is 12.4. The highest BCUT2D eigenvalue weighted by atomic mass is 16.1. The lowest BCUT2D eigenvalue weighted by Gasteiger charge is -2.21. The highest BCUT2D eigenvalue weighted by Gasteiger charge is 2.40. The van der Waals surface area contributed by atoms with Crippen LogP contribution in [-0.2, 0) is 0 Å². The molecule has 1 heterocycles. The molecule has 0 radical (unpaired) electrons. The van der Waals surface area contributed by atoms with Crippen LogP contribution in [0.1, 0.15) is 62.5 Å². The minimum Gasteiger partial charge on any atom is -0.292 e. The lowest BCUT2D eigenvalue weighted by Crippen LogP contribution is -2.18. The van der Waals surface area contributed by atoms with Gasteiger partial charge in [-0.15, -0.1) is 0 Å². The molecule has 3 heteroatoms. The first-order chi connectivity index (χ1) is 8.65. The molecule has 2 fully saturated rings. The second kappa shape index (κ2) is 4.52. The van der Waals surface area contributed by atoms with Crippen molar-refractivity contribution < 1.29 is 4.79 Å². The van der Waals surface area contributed by atoms with Gasteiger partial charge < -0.3 is 0 Å². The lowest BCUT2D eigenvalue weighted by atomic mass is 9.85. The molecule has 1 aromatic rings. The van der Waals surface area contributed by atoms with Gasteiger partial charge in [-0.3, -0.25) is 9.48 Å². The SMILES string of the molecule is CC(C)n1nccc1C(=O)CC1CC2CCC1C2. The average Bonchev–Trinajstić information content (AvgIpc) is 3.04. The Morgan fingerprint density at radius 2 is 2.28 bits per heavy atom.